The number of thiophene rings is 1. The molecular formula is C31H32N6O3S. The first-order valence-corrected chi connectivity index (χ1v) is 14.9. The van der Waals surface area contributed by atoms with Gasteiger partial charge in [0.1, 0.15) is 28.5 Å². The number of aryl methyl sites for hydroxylation is 2. The molecule has 3 aromatic heterocycles. The second-order valence-electron chi connectivity index (χ2n) is 11.0. The van der Waals surface area contributed by atoms with Crippen molar-refractivity contribution >= 4 is 39.0 Å². The Labute approximate surface area is 242 Å². The summed E-state index contributed by atoms with van der Waals surface area (Å²) < 4.78 is 11.7. The largest absolute Gasteiger partial charge is 0.455 e. The van der Waals surface area contributed by atoms with E-state index in [0.717, 1.165) is 71.3 Å². The van der Waals surface area contributed by atoms with E-state index in [-0.39, 0.29) is 5.91 Å². The molecule has 1 N–H and O–H groups in total. The first kappa shape index (κ1) is 26.1. The second kappa shape index (κ2) is 10.8. The third-order valence-electron chi connectivity index (χ3n) is 8.11. The van der Waals surface area contributed by atoms with Crippen LogP contribution >= 0.6 is 11.3 Å². The van der Waals surface area contributed by atoms with Gasteiger partial charge in [0.05, 0.1) is 30.8 Å². The van der Waals surface area contributed by atoms with Crippen molar-refractivity contribution in [2.75, 3.05) is 31.6 Å². The summed E-state index contributed by atoms with van der Waals surface area (Å²) in [5.41, 5.74) is 4.11. The van der Waals surface area contributed by atoms with Crippen molar-refractivity contribution in [2.24, 2.45) is 0 Å². The van der Waals surface area contributed by atoms with Crippen LogP contribution in [0.1, 0.15) is 28.1 Å². The molecule has 0 aliphatic carbocycles. The van der Waals surface area contributed by atoms with Gasteiger partial charge in [0.15, 0.2) is 0 Å². The standard InChI is InChI=1S/C31H32N6O3S/c1-19-12-21(6-8-26(19)40-23-7-5-20(2)32-14-23)35-30-29-25-9-11-37(16-27(25)41-31(29)34-18-33-30)28(38)4-3-10-36-15-24-13-22(36)17-39-24/h3-8,12,14,18,22,24H,9-11,13,15-17H2,1-2H3,(H,33,34,35)/b4-3+. The summed E-state index contributed by atoms with van der Waals surface area (Å²) in [7, 11) is 0. The number of fused-ring (bicyclic) bond motifs is 5. The number of nitrogens with zero attached hydrogens (tertiary/aromatic N) is 5. The number of carbonyl (C=O) groups excluding carboxylic acids is 1. The molecule has 4 aromatic rings. The number of benzene rings is 1. The highest BCUT2D eigenvalue weighted by Gasteiger charge is 2.38. The summed E-state index contributed by atoms with van der Waals surface area (Å²) >= 11 is 1.65. The van der Waals surface area contributed by atoms with Gasteiger partial charge in [0.2, 0.25) is 5.91 Å². The quantitative estimate of drug-likeness (QED) is 0.306. The van der Waals surface area contributed by atoms with Gasteiger partial charge in [-0.1, -0.05) is 6.08 Å². The van der Waals surface area contributed by atoms with E-state index in [1.54, 1.807) is 29.9 Å². The monoisotopic (exact) mass is 568 g/mol. The maximum atomic E-state index is 13.0. The summed E-state index contributed by atoms with van der Waals surface area (Å²) in [6.07, 6.45) is 9.35. The molecule has 2 bridgehead atoms. The number of ether oxygens (including phenoxy) is 2. The van der Waals surface area contributed by atoms with Gasteiger partial charge in [-0.15, -0.1) is 11.3 Å². The molecule has 0 saturated carbocycles. The molecule has 1 aromatic carbocycles. The van der Waals surface area contributed by atoms with Gasteiger partial charge in [-0.05, 0) is 68.1 Å². The Morgan fingerprint density at radius 3 is 2.93 bits per heavy atom. The Bertz CT molecular complexity index is 1640. The van der Waals surface area contributed by atoms with E-state index >= 15 is 0 Å². The van der Waals surface area contributed by atoms with Crippen LogP contribution in [0.4, 0.5) is 11.5 Å². The minimum Gasteiger partial charge on any atom is -0.455 e. The summed E-state index contributed by atoms with van der Waals surface area (Å²) in [5, 5.41) is 4.55. The fourth-order valence-electron chi connectivity index (χ4n) is 5.93. The molecule has 2 fully saturated rings. The van der Waals surface area contributed by atoms with Crippen LogP contribution in [0.5, 0.6) is 11.5 Å². The number of carbonyl (C=O) groups is 1. The molecule has 210 valence electrons. The lowest BCUT2D eigenvalue weighted by Crippen LogP contribution is -2.37. The highest BCUT2D eigenvalue weighted by molar-refractivity contribution is 7.19. The molecule has 2 atom stereocenters. The number of hydrogen-bond acceptors (Lipinski definition) is 9. The number of pyridine rings is 1. The Morgan fingerprint density at radius 1 is 1.22 bits per heavy atom. The molecule has 41 heavy (non-hydrogen) atoms. The normalized spacial score (nSPS) is 20.2. The number of morpholine rings is 1. The number of rotatable bonds is 7. The summed E-state index contributed by atoms with van der Waals surface area (Å²) in [6, 6.07) is 10.4. The van der Waals surface area contributed by atoms with Crippen LogP contribution in [0, 0.1) is 13.8 Å². The van der Waals surface area contributed by atoms with E-state index in [1.807, 2.05) is 49.1 Å². The molecule has 10 heteroatoms. The maximum absolute atomic E-state index is 13.0. The number of likely N-dealkylation sites (tertiary alicyclic amines) is 1. The number of amides is 1. The Balaban J connectivity index is 1.04. The van der Waals surface area contributed by atoms with Crippen molar-refractivity contribution in [3.8, 4) is 11.5 Å². The van der Waals surface area contributed by atoms with Crippen LogP contribution in [0.3, 0.4) is 0 Å². The maximum Gasteiger partial charge on any atom is 0.246 e. The average Bonchev–Trinajstić information content (AvgIpc) is 3.70. The van der Waals surface area contributed by atoms with E-state index < -0.39 is 0 Å². The Morgan fingerprint density at radius 2 is 2.15 bits per heavy atom. The van der Waals surface area contributed by atoms with Crippen molar-refractivity contribution in [3.05, 3.63) is 76.7 Å². The molecule has 6 heterocycles. The highest BCUT2D eigenvalue weighted by atomic mass is 32.1. The molecule has 0 radical (unpaired) electrons. The smallest absolute Gasteiger partial charge is 0.246 e. The molecule has 3 aliphatic rings. The Kier molecular flexibility index (Phi) is 6.90. The number of anilines is 2. The van der Waals surface area contributed by atoms with Crippen LogP contribution < -0.4 is 10.1 Å². The Hall–Kier alpha value is -3.86. The summed E-state index contributed by atoms with van der Waals surface area (Å²) in [6.45, 7) is 7.84. The zero-order chi connectivity index (χ0) is 27.9. The third kappa shape index (κ3) is 5.30. The summed E-state index contributed by atoms with van der Waals surface area (Å²) in [5.74, 6) is 2.34. The van der Waals surface area contributed by atoms with Crippen molar-refractivity contribution in [3.63, 3.8) is 0 Å². The molecule has 7 rings (SSSR count). The second-order valence-corrected chi connectivity index (χ2v) is 12.0. The van der Waals surface area contributed by atoms with Crippen molar-refractivity contribution < 1.29 is 14.3 Å². The van der Waals surface area contributed by atoms with Gasteiger partial charge in [-0.2, -0.15) is 0 Å². The van der Waals surface area contributed by atoms with Crippen LogP contribution in [0.25, 0.3) is 10.2 Å². The fourth-order valence-corrected chi connectivity index (χ4v) is 7.13. The zero-order valence-corrected chi connectivity index (χ0v) is 24.0. The first-order chi connectivity index (χ1) is 20.0. The molecule has 2 saturated heterocycles. The SMILES string of the molecule is Cc1ccc(Oc2ccc(Nc3ncnc4sc5c(c34)CCN(C(=O)/C=C/CN3CC4CC3CO4)C5)cc2C)cn1. The van der Waals surface area contributed by atoms with E-state index in [2.05, 4.69) is 31.2 Å². The van der Waals surface area contributed by atoms with Gasteiger partial charge in [-0.3, -0.25) is 14.7 Å². The fraction of sp³-hybridized carbons (Fsp3) is 0.355. The molecule has 1 amide bonds. The minimum absolute atomic E-state index is 0.0670. The predicted molar refractivity (Wildman–Crippen MR) is 159 cm³/mol. The van der Waals surface area contributed by atoms with Crippen LogP contribution in [-0.2, 0) is 22.5 Å². The van der Waals surface area contributed by atoms with Crippen molar-refractivity contribution in [1.82, 2.24) is 24.8 Å². The molecular weight excluding hydrogens is 536 g/mol. The van der Waals surface area contributed by atoms with Crippen LogP contribution in [-0.4, -0.2) is 69.0 Å². The molecule has 0 spiro atoms. The van der Waals surface area contributed by atoms with Crippen LogP contribution in [0.15, 0.2) is 55.0 Å². The average molecular weight is 569 g/mol. The van der Waals surface area contributed by atoms with Gasteiger partial charge in [-0.25, -0.2) is 9.97 Å². The lowest BCUT2D eigenvalue weighted by Gasteiger charge is -2.27. The number of aromatic nitrogens is 3. The van der Waals surface area contributed by atoms with Crippen molar-refractivity contribution in [2.45, 2.75) is 45.4 Å². The molecule has 9 nitrogen and oxygen atoms in total. The van der Waals surface area contributed by atoms with Crippen LogP contribution in [0.2, 0.25) is 0 Å². The van der Waals surface area contributed by atoms with Gasteiger partial charge in [0.25, 0.3) is 0 Å². The van der Waals surface area contributed by atoms with E-state index in [9.17, 15) is 4.79 Å². The zero-order valence-electron chi connectivity index (χ0n) is 23.2. The first-order valence-electron chi connectivity index (χ1n) is 14.0. The topological polar surface area (TPSA) is 92.7 Å². The van der Waals surface area contributed by atoms with E-state index in [1.165, 1.54) is 10.4 Å². The lowest BCUT2D eigenvalue weighted by molar-refractivity contribution is -0.126. The van der Waals surface area contributed by atoms with E-state index in [0.29, 0.717) is 31.0 Å². The lowest BCUT2D eigenvalue weighted by atomic mass is 10.0. The molecule has 3 aliphatic heterocycles. The van der Waals surface area contributed by atoms with E-state index in [4.69, 9.17) is 9.47 Å². The van der Waals surface area contributed by atoms with Gasteiger partial charge < -0.3 is 19.7 Å². The third-order valence-corrected chi connectivity index (χ3v) is 9.24. The predicted octanol–water partition coefficient (Wildman–Crippen LogP) is 5.15. The number of hydrogen-bond donors (Lipinski definition) is 1. The summed E-state index contributed by atoms with van der Waals surface area (Å²) in [4.78, 5) is 32.9. The van der Waals surface area contributed by atoms with Crippen molar-refractivity contribution in [1.29, 1.82) is 0 Å². The number of nitrogens with one attached hydrogen (secondary N) is 1. The van der Waals surface area contributed by atoms with Gasteiger partial charge in [0, 0.05) is 48.0 Å². The molecule has 2 unspecified atom stereocenters. The minimum atomic E-state index is 0.0670. The van der Waals surface area contributed by atoms with Gasteiger partial charge >= 0.3 is 0 Å². The highest BCUT2D eigenvalue weighted by Crippen LogP contribution is 2.38.